The Bertz CT molecular complexity index is 224. The van der Waals surface area contributed by atoms with Gasteiger partial charge >= 0.3 is 0 Å². The summed E-state index contributed by atoms with van der Waals surface area (Å²) < 4.78 is 10.7. The van der Waals surface area contributed by atoms with Crippen molar-refractivity contribution in [3.8, 4) is 0 Å². The monoisotopic (exact) mass is 272 g/mol. The summed E-state index contributed by atoms with van der Waals surface area (Å²) in [6.45, 7) is 12.6. The van der Waals surface area contributed by atoms with Crippen LogP contribution in [-0.2, 0) is 9.47 Å². The Balaban J connectivity index is 2.22. The van der Waals surface area contributed by atoms with E-state index in [4.69, 9.17) is 9.47 Å². The highest BCUT2D eigenvalue weighted by Gasteiger charge is 2.25. The quantitative estimate of drug-likeness (QED) is 0.648. The lowest BCUT2D eigenvalue weighted by Gasteiger charge is -2.40. The van der Waals surface area contributed by atoms with E-state index in [0.29, 0.717) is 12.1 Å². The second kappa shape index (κ2) is 9.70. The summed E-state index contributed by atoms with van der Waals surface area (Å²) in [7, 11) is 1.73. The lowest BCUT2D eigenvalue weighted by molar-refractivity contribution is 0.0528. The fraction of sp³-hybridized carbons (Fsp3) is 1.00. The molecule has 0 bridgehead atoms. The van der Waals surface area contributed by atoms with Gasteiger partial charge in [-0.2, -0.15) is 0 Å². The second-order valence-corrected chi connectivity index (χ2v) is 6.05. The zero-order chi connectivity index (χ0) is 14.1. The molecular weight excluding hydrogens is 240 g/mol. The SMILES string of the molecule is COCCCOCCN1CC(C)NCC1CC(C)C. The van der Waals surface area contributed by atoms with E-state index in [9.17, 15) is 0 Å². The van der Waals surface area contributed by atoms with Crippen LogP contribution in [0.3, 0.4) is 0 Å². The minimum absolute atomic E-state index is 0.594. The molecule has 0 aromatic carbocycles. The molecule has 0 aromatic heterocycles. The molecular formula is C15H32N2O2. The van der Waals surface area contributed by atoms with Gasteiger partial charge in [0.1, 0.15) is 0 Å². The molecule has 0 radical (unpaired) electrons. The first-order valence-electron chi connectivity index (χ1n) is 7.67. The van der Waals surface area contributed by atoms with Gasteiger partial charge in [-0.05, 0) is 25.7 Å². The first-order valence-corrected chi connectivity index (χ1v) is 7.67. The molecule has 1 saturated heterocycles. The molecule has 1 aliphatic rings. The Labute approximate surface area is 118 Å². The van der Waals surface area contributed by atoms with Crippen molar-refractivity contribution in [2.75, 3.05) is 46.6 Å². The number of hydrogen-bond donors (Lipinski definition) is 1. The molecule has 4 nitrogen and oxygen atoms in total. The van der Waals surface area contributed by atoms with E-state index in [1.54, 1.807) is 7.11 Å². The van der Waals surface area contributed by atoms with Crippen molar-refractivity contribution < 1.29 is 9.47 Å². The van der Waals surface area contributed by atoms with Crippen molar-refractivity contribution in [2.24, 2.45) is 5.92 Å². The van der Waals surface area contributed by atoms with Crippen LogP contribution in [0.15, 0.2) is 0 Å². The Kier molecular flexibility index (Phi) is 8.62. The number of methoxy groups -OCH3 is 1. The molecule has 114 valence electrons. The lowest BCUT2D eigenvalue weighted by atomic mass is 9.99. The van der Waals surface area contributed by atoms with E-state index in [-0.39, 0.29) is 0 Å². The van der Waals surface area contributed by atoms with E-state index in [0.717, 1.165) is 51.8 Å². The van der Waals surface area contributed by atoms with Crippen LogP contribution in [0.5, 0.6) is 0 Å². The predicted molar refractivity (Wildman–Crippen MR) is 79.6 cm³/mol. The summed E-state index contributed by atoms with van der Waals surface area (Å²) in [5.41, 5.74) is 0. The molecule has 1 fully saturated rings. The van der Waals surface area contributed by atoms with Gasteiger partial charge in [0.2, 0.25) is 0 Å². The summed E-state index contributed by atoms with van der Waals surface area (Å²) in [6, 6.07) is 1.26. The third-order valence-corrected chi connectivity index (χ3v) is 3.63. The van der Waals surface area contributed by atoms with Crippen molar-refractivity contribution in [1.82, 2.24) is 10.2 Å². The number of hydrogen-bond acceptors (Lipinski definition) is 4. The molecule has 4 heteroatoms. The van der Waals surface area contributed by atoms with Crippen molar-refractivity contribution in [3.05, 3.63) is 0 Å². The van der Waals surface area contributed by atoms with Crippen LogP contribution in [0.25, 0.3) is 0 Å². The van der Waals surface area contributed by atoms with Crippen LogP contribution in [0.4, 0.5) is 0 Å². The molecule has 1 heterocycles. The molecule has 2 unspecified atom stereocenters. The normalized spacial score (nSPS) is 25.1. The van der Waals surface area contributed by atoms with Crippen molar-refractivity contribution >= 4 is 0 Å². The first kappa shape index (κ1) is 16.9. The zero-order valence-corrected chi connectivity index (χ0v) is 13.2. The van der Waals surface area contributed by atoms with Crippen molar-refractivity contribution in [1.29, 1.82) is 0 Å². The highest BCUT2D eigenvalue weighted by Crippen LogP contribution is 2.15. The molecule has 0 spiro atoms. The maximum atomic E-state index is 5.68. The highest BCUT2D eigenvalue weighted by atomic mass is 16.5. The lowest BCUT2D eigenvalue weighted by Crippen LogP contribution is -2.56. The number of nitrogens with one attached hydrogen (secondary N) is 1. The molecule has 1 aliphatic heterocycles. The molecule has 0 amide bonds. The van der Waals surface area contributed by atoms with Gasteiger partial charge in [-0.3, -0.25) is 4.90 Å². The Morgan fingerprint density at radius 3 is 2.74 bits per heavy atom. The van der Waals surface area contributed by atoms with Gasteiger partial charge in [-0.25, -0.2) is 0 Å². The zero-order valence-electron chi connectivity index (χ0n) is 13.2. The molecule has 0 aromatic rings. The van der Waals surface area contributed by atoms with Gasteiger partial charge < -0.3 is 14.8 Å². The van der Waals surface area contributed by atoms with Gasteiger partial charge in [0.25, 0.3) is 0 Å². The van der Waals surface area contributed by atoms with E-state index < -0.39 is 0 Å². The summed E-state index contributed by atoms with van der Waals surface area (Å²) >= 11 is 0. The van der Waals surface area contributed by atoms with Crippen LogP contribution in [-0.4, -0.2) is 63.5 Å². The van der Waals surface area contributed by atoms with Crippen LogP contribution in [0, 0.1) is 5.92 Å². The maximum absolute atomic E-state index is 5.68. The van der Waals surface area contributed by atoms with Crippen molar-refractivity contribution in [2.45, 2.75) is 45.7 Å². The summed E-state index contributed by atoms with van der Waals surface area (Å²) in [4.78, 5) is 2.59. The Morgan fingerprint density at radius 2 is 2.05 bits per heavy atom. The molecule has 0 saturated carbocycles. The van der Waals surface area contributed by atoms with Gasteiger partial charge in [-0.15, -0.1) is 0 Å². The third-order valence-electron chi connectivity index (χ3n) is 3.63. The molecule has 0 aliphatic carbocycles. The van der Waals surface area contributed by atoms with Crippen LogP contribution in [0.2, 0.25) is 0 Å². The standard InChI is InChI=1S/C15H32N2O2/c1-13(2)10-15-11-16-14(3)12-17(15)6-9-19-8-5-7-18-4/h13-16H,5-12H2,1-4H3. The van der Waals surface area contributed by atoms with E-state index in [1.165, 1.54) is 6.42 Å². The Hall–Kier alpha value is -0.160. The minimum Gasteiger partial charge on any atom is -0.385 e. The number of nitrogens with zero attached hydrogens (tertiary/aromatic N) is 1. The van der Waals surface area contributed by atoms with Gasteiger partial charge in [-0.1, -0.05) is 13.8 Å². The Morgan fingerprint density at radius 1 is 1.26 bits per heavy atom. The largest absolute Gasteiger partial charge is 0.385 e. The van der Waals surface area contributed by atoms with Crippen LogP contribution < -0.4 is 5.32 Å². The van der Waals surface area contributed by atoms with E-state index in [2.05, 4.69) is 31.0 Å². The fourth-order valence-electron chi connectivity index (χ4n) is 2.67. The van der Waals surface area contributed by atoms with Gasteiger partial charge in [0, 0.05) is 52.0 Å². The summed E-state index contributed by atoms with van der Waals surface area (Å²) in [5.74, 6) is 0.755. The average molecular weight is 272 g/mol. The third kappa shape index (κ3) is 7.25. The summed E-state index contributed by atoms with van der Waals surface area (Å²) in [6.07, 6.45) is 2.26. The molecule has 1 N–H and O–H groups in total. The molecule has 19 heavy (non-hydrogen) atoms. The molecule has 2 atom stereocenters. The predicted octanol–water partition coefficient (Wildman–Crippen LogP) is 1.75. The second-order valence-electron chi connectivity index (χ2n) is 6.05. The smallest absolute Gasteiger partial charge is 0.0593 e. The van der Waals surface area contributed by atoms with Crippen molar-refractivity contribution in [3.63, 3.8) is 0 Å². The maximum Gasteiger partial charge on any atom is 0.0593 e. The number of piperazine rings is 1. The highest BCUT2D eigenvalue weighted by molar-refractivity contribution is 4.84. The minimum atomic E-state index is 0.594. The van der Waals surface area contributed by atoms with Crippen LogP contribution >= 0.6 is 0 Å². The first-order chi connectivity index (χ1) is 9.13. The van der Waals surface area contributed by atoms with Gasteiger partial charge in [0.15, 0.2) is 0 Å². The summed E-state index contributed by atoms with van der Waals surface area (Å²) in [5, 5.41) is 3.59. The fourth-order valence-corrected chi connectivity index (χ4v) is 2.67. The number of ether oxygens (including phenoxy) is 2. The molecule has 1 rings (SSSR count). The van der Waals surface area contributed by atoms with Gasteiger partial charge in [0.05, 0.1) is 6.61 Å². The average Bonchev–Trinajstić information content (AvgIpc) is 2.36. The van der Waals surface area contributed by atoms with Crippen LogP contribution in [0.1, 0.15) is 33.6 Å². The van der Waals surface area contributed by atoms with E-state index >= 15 is 0 Å². The topological polar surface area (TPSA) is 33.7 Å². The van der Waals surface area contributed by atoms with E-state index in [1.807, 2.05) is 0 Å². The number of rotatable bonds is 9.